The van der Waals surface area contributed by atoms with E-state index in [1.54, 1.807) is 0 Å². The standard InChI is InChI=1S/C12H25NO3S/c1-3-5-12-10-11(6-8-16-12)13-7-4-9-17(2,14)15/h11-13H,3-10H2,1-2H3. The second-order valence-electron chi connectivity index (χ2n) is 4.94. The van der Waals surface area contributed by atoms with Crippen LogP contribution in [0.2, 0.25) is 0 Å². The first kappa shape index (κ1) is 14.9. The van der Waals surface area contributed by atoms with Gasteiger partial charge in [0.2, 0.25) is 0 Å². The molecule has 0 aliphatic carbocycles. The van der Waals surface area contributed by atoms with E-state index >= 15 is 0 Å². The van der Waals surface area contributed by atoms with E-state index < -0.39 is 9.84 Å². The lowest BCUT2D eigenvalue weighted by Crippen LogP contribution is -2.39. The third kappa shape index (κ3) is 7.01. The first-order chi connectivity index (χ1) is 8.01. The average molecular weight is 263 g/mol. The smallest absolute Gasteiger partial charge is 0.147 e. The van der Waals surface area contributed by atoms with E-state index in [0.29, 0.717) is 18.6 Å². The van der Waals surface area contributed by atoms with Gasteiger partial charge in [0.25, 0.3) is 0 Å². The summed E-state index contributed by atoms with van der Waals surface area (Å²) in [5.74, 6) is 0.279. The highest BCUT2D eigenvalue weighted by Gasteiger charge is 2.21. The maximum atomic E-state index is 11.0. The molecule has 2 unspecified atom stereocenters. The van der Waals surface area contributed by atoms with Crippen LogP contribution in [0, 0.1) is 0 Å². The molecule has 1 N–H and O–H groups in total. The van der Waals surface area contributed by atoms with E-state index in [0.717, 1.165) is 38.8 Å². The van der Waals surface area contributed by atoms with Crippen LogP contribution in [0.15, 0.2) is 0 Å². The van der Waals surface area contributed by atoms with Crippen molar-refractivity contribution < 1.29 is 13.2 Å². The van der Waals surface area contributed by atoms with Gasteiger partial charge >= 0.3 is 0 Å². The Labute approximate surface area is 105 Å². The van der Waals surface area contributed by atoms with Crippen LogP contribution in [0.5, 0.6) is 0 Å². The van der Waals surface area contributed by atoms with E-state index in [2.05, 4.69) is 12.2 Å². The number of hydrogen-bond acceptors (Lipinski definition) is 4. The Hall–Kier alpha value is -0.130. The quantitative estimate of drug-likeness (QED) is 0.705. The number of ether oxygens (including phenoxy) is 1. The van der Waals surface area contributed by atoms with Crippen LogP contribution in [0.3, 0.4) is 0 Å². The lowest BCUT2D eigenvalue weighted by molar-refractivity contribution is -0.00303. The van der Waals surface area contributed by atoms with E-state index in [-0.39, 0.29) is 5.75 Å². The summed E-state index contributed by atoms with van der Waals surface area (Å²) in [6, 6.07) is 0.500. The molecule has 2 atom stereocenters. The maximum Gasteiger partial charge on any atom is 0.147 e. The van der Waals surface area contributed by atoms with Gasteiger partial charge in [-0.25, -0.2) is 8.42 Å². The summed E-state index contributed by atoms with van der Waals surface area (Å²) in [6.07, 6.45) is 6.77. The summed E-state index contributed by atoms with van der Waals surface area (Å²) in [6.45, 7) is 3.79. The molecule has 4 nitrogen and oxygen atoms in total. The lowest BCUT2D eigenvalue weighted by atomic mass is 10.00. The van der Waals surface area contributed by atoms with Gasteiger partial charge in [-0.2, -0.15) is 0 Å². The van der Waals surface area contributed by atoms with Crippen molar-refractivity contribution in [3.63, 3.8) is 0 Å². The summed E-state index contributed by atoms with van der Waals surface area (Å²) in [5, 5.41) is 3.44. The van der Waals surface area contributed by atoms with Gasteiger partial charge in [0.05, 0.1) is 11.9 Å². The Kier molecular flexibility index (Phi) is 6.44. The fraction of sp³-hybridized carbons (Fsp3) is 1.00. The molecule has 0 spiro atoms. The highest BCUT2D eigenvalue weighted by molar-refractivity contribution is 7.90. The van der Waals surface area contributed by atoms with Crippen LogP contribution in [0.4, 0.5) is 0 Å². The fourth-order valence-corrected chi connectivity index (χ4v) is 2.90. The molecule has 0 amide bonds. The molecule has 0 radical (unpaired) electrons. The minimum absolute atomic E-state index is 0.279. The third-order valence-electron chi connectivity index (χ3n) is 3.10. The SMILES string of the molecule is CCCC1CC(NCCCS(C)(=O)=O)CCO1. The average Bonchev–Trinajstić information content (AvgIpc) is 2.24. The summed E-state index contributed by atoms with van der Waals surface area (Å²) in [7, 11) is -2.81. The van der Waals surface area contributed by atoms with Gasteiger partial charge in [0, 0.05) is 18.9 Å². The van der Waals surface area contributed by atoms with Crippen molar-refractivity contribution in [1.29, 1.82) is 0 Å². The molecule has 0 saturated carbocycles. The maximum absolute atomic E-state index is 11.0. The van der Waals surface area contributed by atoms with Crippen LogP contribution in [0.25, 0.3) is 0 Å². The summed E-state index contributed by atoms with van der Waals surface area (Å²) >= 11 is 0. The van der Waals surface area contributed by atoms with Gasteiger partial charge in [-0.05, 0) is 32.2 Å². The fourth-order valence-electron chi connectivity index (χ4n) is 2.23. The summed E-state index contributed by atoms with van der Waals surface area (Å²) in [4.78, 5) is 0. The minimum Gasteiger partial charge on any atom is -0.378 e. The van der Waals surface area contributed by atoms with E-state index in [1.807, 2.05) is 0 Å². The topological polar surface area (TPSA) is 55.4 Å². The van der Waals surface area contributed by atoms with Crippen molar-refractivity contribution in [1.82, 2.24) is 5.32 Å². The first-order valence-corrected chi connectivity index (χ1v) is 8.60. The van der Waals surface area contributed by atoms with Gasteiger partial charge in [-0.3, -0.25) is 0 Å². The van der Waals surface area contributed by atoms with E-state index in [9.17, 15) is 8.42 Å². The predicted octanol–water partition coefficient (Wildman–Crippen LogP) is 1.36. The van der Waals surface area contributed by atoms with Gasteiger partial charge in [0.1, 0.15) is 9.84 Å². The van der Waals surface area contributed by atoms with Crippen molar-refractivity contribution in [3.05, 3.63) is 0 Å². The lowest BCUT2D eigenvalue weighted by Gasteiger charge is -2.30. The molecule has 0 aromatic heterocycles. The van der Waals surface area contributed by atoms with Crippen molar-refractivity contribution in [2.24, 2.45) is 0 Å². The molecule has 1 heterocycles. The second kappa shape index (κ2) is 7.34. The molecular weight excluding hydrogens is 238 g/mol. The van der Waals surface area contributed by atoms with Gasteiger partial charge in [-0.1, -0.05) is 13.3 Å². The van der Waals surface area contributed by atoms with Crippen LogP contribution in [-0.4, -0.2) is 45.7 Å². The number of hydrogen-bond donors (Lipinski definition) is 1. The number of nitrogens with one attached hydrogen (secondary N) is 1. The molecule has 1 saturated heterocycles. The molecule has 1 aliphatic rings. The van der Waals surface area contributed by atoms with Crippen molar-refractivity contribution in [2.75, 3.05) is 25.2 Å². The highest BCUT2D eigenvalue weighted by Crippen LogP contribution is 2.17. The van der Waals surface area contributed by atoms with Crippen molar-refractivity contribution in [3.8, 4) is 0 Å². The Bertz CT molecular complexity index is 301. The molecule has 0 bridgehead atoms. The largest absolute Gasteiger partial charge is 0.378 e. The molecule has 0 aromatic rings. The molecule has 0 aromatic carbocycles. The van der Waals surface area contributed by atoms with E-state index in [4.69, 9.17) is 4.74 Å². The molecule has 102 valence electrons. The Morgan fingerprint density at radius 1 is 1.41 bits per heavy atom. The first-order valence-electron chi connectivity index (χ1n) is 6.54. The Morgan fingerprint density at radius 2 is 2.18 bits per heavy atom. The Balaban J connectivity index is 2.14. The summed E-state index contributed by atoms with van der Waals surface area (Å²) in [5.41, 5.74) is 0. The third-order valence-corrected chi connectivity index (χ3v) is 4.13. The van der Waals surface area contributed by atoms with E-state index in [1.165, 1.54) is 6.26 Å². The van der Waals surface area contributed by atoms with Crippen LogP contribution in [-0.2, 0) is 14.6 Å². The Morgan fingerprint density at radius 3 is 2.82 bits per heavy atom. The molecular formula is C12H25NO3S. The van der Waals surface area contributed by atoms with Crippen LogP contribution >= 0.6 is 0 Å². The second-order valence-corrected chi connectivity index (χ2v) is 7.20. The minimum atomic E-state index is -2.81. The summed E-state index contributed by atoms with van der Waals surface area (Å²) < 4.78 is 27.6. The van der Waals surface area contributed by atoms with Crippen molar-refractivity contribution in [2.45, 2.75) is 51.2 Å². The monoisotopic (exact) mass is 263 g/mol. The van der Waals surface area contributed by atoms with Crippen LogP contribution in [0.1, 0.15) is 39.0 Å². The van der Waals surface area contributed by atoms with Gasteiger partial charge in [0.15, 0.2) is 0 Å². The predicted molar refractivity (Wildman–Crippen MR) is 70.0 cm³/mol. The zero-order valence-corrected chi connectivity index (χ0v) is 11.8. The molecule has 17 heavy (non-hydrogen) atoms. The zero-order valence-electron chi connectivity index (χ0n) is 10.9. The molecule has 5 heteroatoms. The number of sulfone groups is 1. The molecule has 1 rings (SSSR count). The van der Waals surface area contributed by atoms with Gasteiger partial charge < -0.3 is 10.1 Å². The molecule has 1 aliphatic heterocycles. The normalized spacial score (nSPS) is 26.0. The zero-order chi connectivity index (χ0) is 12.7. The highest BCUT2D eigenvalue weighted by atomic mass is 32.2. The van der Waals surface area contributed by atoms with Crippen LogP contribution < -0.4 is 5.32 Å². The number of rotatable bonds is 7. The van der Waals surface area contributed by atoms with Gasteiger partial charge in [-0.15, -0.1) is 0 Å². The van der Waals surface area contributed by atoms with Crippen molar-refractivity contribution >= 4 is 9.84 Å². The molecule has 1 fully saturated rings.